The van der Waals surface area contributed by atoms with Gasteiger partial charge in [-0.2, -0.15) is 5.10 Å². The third-order valence-electron chi connectivity index (χ3n) is 2.81. The number of hydrogen-bond acceptors (Lipinski definition) is 3. The quantitative estimate of drug-likeness (QED) is 0.879. The molecule has 110 valence electrons. The van der Waals surface area contributed by atoms with Crippen LogP contribution in [0.5, 0.6) is 5.75 Å². The van der Waals surface area contributed by atoms with Crippen molar-refractivity contribution in [3.8, 4) is 17.6 Å². The smallest absolute Gasteiger partial charge is 0.165 e. The van der Waals surface area contributed by atoms with E-state index in [4.69, 9.17) is 9.84 Å². The maximum Gasteiger partial charge on any atom is 0.165 e. The minimum atomic E-state index is -0.451. The van der Waals surface area contributed by atoms with Crippen LogP contribution in [0.15, 0.2) is 30.5 Å². The fraction of sp³-hybridized carbons (Fsp3) is 0.312. The Morgan fingerprint density at radius 3 is 2.86 bits per heavy atom. The predicted molar refractivity (Wildman–Crippen MR) is 77.3 cm³/mol. The fourth-order valence-corrected chi connectivity index (χ4v) is 1.73. The van der Waals surface area contributed by atoms with Gasteiger partial charge in [-0.3, -0.25) is 4.68 Å². The minimum Gasteiger partial charge on any atom is -0.484 e. The molecule has 0 fully saturated rings. The van der Waals surface area contributed by atoms with E-state index in [9.17, 15) is 4.39 Å². The summed E-state index contributed by atoms with van der Waals surface area (Å²) >= 11 is 0. The molecular formula is C16H17FN2O2. The van der Waals surface area contributed by atoms with Crippen LogP contribution in [0.1, 0.15) is 31.1 Å². The first-order valence-electron chi connectivity index (χ1n) is 6.66. The molecule has 0 aliphatic rings. The molecule has 0 bridgehead atoms. The van der Waals surface area contributed by atoms with E-state index in [1.807, 2.05) is 30.8 Å². The number of rotatable bonds is 4. The summed E-state index contributed by atoms with van der Waals surface area (Å²) in [6.45, 7) is 4.01. The monoisotopic (exact) mass is 288 g/mol. The number of aliphatic hydroxyl groups is 1. The summed E-state index contributed by atoms with van der Waals surface area (Å²) in [5.41, 5.74) is 1.32. The van der Waals surface area contributed by atoms with Crippen molar-refractivity contribution in [3.05, 3.63) is 47.5 Å². The lowest BCUT2D eigenvalue weighted by atomic mass is 10.2. The largest absolute Gasteiger partial charge is 0.484 e. The average Bonchev–Trinajstić information content (AvgIpc) is 2.94. The number of aliphatic hydroxyl groups excluding tert-OH is 1. The summed E-state index contributed by atoms with van der Waals surface area (Å²) in [5, 5.41) is 13.0. The van der Waals surface area contributed by atoms with Crippen molar-refractivity contribution in [2.75, 3.05) is 6.61 Å². The molecule has 2 aromatic rings. The highest BCUT2D eigenvalue weighted by atomic mass is 19.1. The van der Waals surface area contributed by atoms with Crippen LogP contribution in [-0.2, 0) is 6.61 Å². The molecule has 4 nitrogen and oxygen atoms in total. The van der Waals surface area contributed by atoms with E-state index in [0.29, 0.717) is 5.56 Å². The van der Waals surface area contributed by atoms with Crippen LogP contribution in [0.4, 0.5) is 4.39 Å². The molecule has 0 saturated carbocycles. The molecular weight excluding hydrogens is 271 g/mol. The van der Waals surface area contributed by atoms with Gasteiger partial charge in [-0.1, -0.05) is 11.8 Å². The van der Waals surface area contributed by atoms with Crippen LogP contribution in [0.25, 0.3) is 0 Å². The van der Waals surface area contributed by atoms with Crippen LogP contribution < -0.4 is 4.74 Å². The van der Waals surface area contributed by atoms with E-state index in [-0.39, 0.29) is 25.0 Å². The van der Waals surface area contributed by atoms with Crippen molar-refractivity contribution in [1.82, 2.24) is 9.78 Å². The van der Waals surface area contributed by atoms with Gasteiger partial charge in [0, 0.05) is 17.8 Å². The molecule has 0 amide bonds. The number of ether oxygens (including phenoxy) is 1. The second-order valence-corrected chi connectivity index (χ2v) is 4.77. The van der Waals surface area contributed by atoms with Crippen molar-refractivity contribution in [1.29, 1.82) is 0 Å². The maximum absolute atomic E-state index is 13.7. The Morgan fingerprint density at radius 2 is 2.19 bits per heavy atom. The van der Waals surface area contributed by atoms with Gasteiger partial charge in [0.25, 0.3) is 0 Å². The van der Waals surface area contributed by atoms with Gasteiger partial charge in [-0.25, -0.2) is 4.39 Å². The Morgan fingerprint density at radius 1 is 1.38 bits per heavy atom. The van der Waals surface area contributed by atoms with E-state index >= 15 is 0 Å². The van der Waals surface area contributed by atoms with Crippen LogP contribution in [0.3, 0.4) is 0 Å². The third kappa shape index (κ3) is 4.07. The second-order valence-electron chi connectivity index (χ2n) is 4.77. The number of hydrogen-bond donors (Lipinski definition) is 1. The Bertz CT molecular complexity index is 668. The topological polar surface area (TPSA) is 47.3 Å². The molecule has 0 aliphatic heterocycles. The first kappa shape index (κ1) is 15.1. The molecule has 1 aromatic carbocycles. The Balaban J connectivity index is 2.08. The van der Waals surface area contributed by atoms with E-state index in [2.05, 4.69) is 16.9 Å². The summed E-state index contributed by atoms with van der Waals surface area (Å²) in [5.74, 6) is 4.90. The zero-order valence-electron chi connectivity index (χ0n) is 12.0. The average molecular weight is 288 g/mol. The van der Waals surface area contributed by atoms with Gasteiger partial charge >= 0.3 is 0 Å². The van der Waals surface area contributed by atoms with Crippen molar-refractivity contribution >= 4 is 0 Å². The van der Waals surface area contributed by atoms with Crippen molar-refractivity contribution < 1.29 is 14.2 Å². The highest BCUT2D eigenvalue weighted by Crippen LogP contribution is 2.19. The summed E-state index contributed by atoms with van der Waals surface area (Å²) in [6, 6.07) is 6.46. The lowest BCUT2D eigenvalue weighted by Gasteiger charge is -2.07. The highest BCUT2D eigenvalue weighted by molar-refractivity contribution is 5.40. The first-order valence-corrected chi connectivity index (χ1v) is 6.66. The number of benzene rings is 1. The van der Waals surface area contributed by atoms with Gasteiger partial charge in [0.1, 0.15) is 13.2 Å². The van der Waals surface area contributed by atoms with Gasteiger partial charge in [0.15, 0.2) is 11.6 Å². The van der Waals surface area contributed by atoms with Crippen LogP contribution in [-0.4, -0.2) is 21.5 Å². The Kier molecular flexibility index (Phi) is 4.96. The van der Waals surface area contributed by atoms with Crippen LogP contribution in [0, 0.1) is 17.7 Å². The summed E-state index contributed by atoms with van der Waals surface area (Å²) in [6.07, 6.45) is 1.86. The van der Waals surface area contributed by atoms with E-state index < -0.39 is 5.82 Å². The fourth-order valence-electron chi connectivity index (χ4n) is 1.73. The summed E-state index contributed by atoms with van der Waals surface area (Å²) in [7, 11) is 0. The molecule has 0 saturated heterocycles. The minimum absolute atomic E-state index is 0.124. The number of aromatic nitrogens is 2. The molecule has 0 atom stereocenters. The highest BCUT2D eigenvalue weighted by Gasteiger charge is 2.07. The Hall–Kier alpha value is -2.32. The third-order valence-corrected chi connectivity index (χ3v) is 2.81. The summed E-state index contributed by atoms with van der Waals surface area (Å²) in [4.78, 5) is 0. The van der Waals surface area contributed by atoms with Gasteiger partial charge in [-0.05, 0) is 38.1 Å². The molecule has 5 heteroatoms. The standard InChI is InChI=1S/C16H17FN2O2/c1-12(2)19-8-7-14(18-19)11-21-16-10-13(4-3-9-20)5-6-15(16)17/h5-8,10,12,20H,9,11H2,1-2H3. The van der Waals surface area contributed by atoms with Crippen molar-refractivity contribution in [2.45, 2.75) is 26.5 Å². The maximum atomic E-state index is 13.7. The zero-order chi connectivity index (χ0) is 15.2. The van der Waals surface area contributed by atoms with E-state index in [1.165, 1.54) is 12.1 Å². The predicted octanol–water partition coefficient (Wildman–Crippen LogP) is 2.53. The summed E-state index contributed by atoms with van der Waals surface area (Å²) < 4.78 is 21.0. The SMILES string of the molecule is CC(C)n1ccc(COc2cc(C#CCO)ccc2F)n1. The van der Waals surface area contributed by atoms with Crippen LogP contribution >= 0.6 is 0 Å². The molecule has 1 aromatic heterocycles. The van der Waals surface area contributed by atoms with Crippen molar-refractivity contribution in [2.24, 2.45) is 0 Å². The molecule has 0 spiro atoms. The lowest BCUT2D eigenvalue weighted by Crippen LogP contribution is -2.04. The second kappa shape index (κ2) is 6.91. The molecule has 0 radical (unpaired) electrons. The number of halogens is 1. The van der Waals surface area contributed by atoms with Gasteiger partial charge in [0.05, 0.1) is 5.69 Å². The molecule has 0 unspecified atom stereocenters. The van der Waals surface area contributed by atoms with Gasteiger partial charge < -0.3 is 9.84 Å². The lowest BCUT2D eigenvalue weighted by molar-refractivity contribution is 0.283. The molecule has 2 rings (SSSR count). The van der Waals surface area contributed by atoms with E-state index in [0.717, 1.165) is 5.69 Å². The molecule has 1 heterocycles. The van der Waals surface area contributed by atoms with Gasteiger partial charge in [0.2, 0.25) is 0 Å². The molecule has 0 aliphatic carbocycles. The molecule has 21 heavy (non-hydrogen) atoms. The van der Waals surface area contributed by atoms with Crippen molar-refractivity contribution in [3.63, 3.8) is 0 Å². The number of nitrogens with zero attached hydrogens (tertiary/aromatic N) is 2. The normalized spacial score (nSPS) is 10.3. The van der Waals surface area contributed by atoms with Crippen LogP contribution in [0.2, 0.25) is 0 Å². The van der Waals surface area contributed by atoms with E-state index in [1.54, 1.807) is 6.07 Å². The van der Waals surface area contributed by atoms with Gasteiger partial charge in [-0.15, -0.1) is 0 Å². The zero-order valence-corrected chi connectivity index (χ0v) is 12.0. The Labute approximate surface area is 123 Å². The first-order chi connectivity index (χ1) is 10.1. The molecule has 1 N–H and O–H groups in total.